The Labute approximate surface area is 116 Å². The molecule has 0 aliphatic heterocycles. The van der Waals surface area contributed by atoms with Gasteiger partial charge >= 0.3 is 6.18 Å². The molecule has 20 heavy (non-hydrogen) atoms. The van der Waals surface area contributed by atoms with Crippen LogP contribution in [0.4, 0.5) is 13.2 Å². The number of rotatable bonds is 5. The van der Waals surface area contributed by atoms with Gasteiger partial charge in [0, 0.05) is 13.6 Å². The van der Waals surface area contributed by atoms with Gasteiger partial charge in [-0.15, -0.1) is 0 Å². The lowest BCUT2D eigenvalue weighted by Gasteiger charge is -2.18. The Morgan fingerprint density at radius 1 is 1.35 bits per heavy atom. The Balaban J connectivity index is 2.61. The van der Waals surface area contributed by atoms with E-state index in [1.54, 1.807) is 12.1 Å². The van der Waals surface area contributed by atoms with Crippen LogP contribution in [0.5, 0.6) is 5.75 Å². The number of carbonyl (C=O) groups excluding carboxylic acids is 1. The van der Waals surface area contributed by atoms with Gasteiger partial charge in [-0.25, -0.2) is 0 Å². The van der Waals surface area contributed by atoms with Crippen molar-refractivity contribution in [2.75, 3.05) is 20.7 Å². The van der Waals surface area contributed by atoms with E-state index in [0.29, 0.717) is 5.75 Å². The fourth-order valence-corrected chi connectivity index (χ4v) is 1.70. The molecule has 6 heteroatoms. The van der Waals surface area contributed by atoms with E-state index >= 15 is 0 Å². The number of benzene rings is 1. The number of carbonyl (C=O) groups is 1. The van der Waals surface area contributed by atoms with Gasteiger partial charge in [0.2, 0.25) is 5.91 Å². The quantitative estimate of drug-likeness (QED) is 0.834. The summed E-state index contributed by atoms with van der Waals surface area (Å²) in [6.07, 6.45) is -5.18. The summed E-state index contributed by atoms with van der Waals surface area (Å²) in [6, 6.07) is 5.31. The third-order valence-electron chi connectivity index (χ3n) is 2.98. The molecule has 0 spiro atoms. The largest absolute Gasteiger partial charge is 0.496 e. The number of alkyl halides is 3. The number of halogens is 3. The van der Waals surface area contributed by atoms with Gasteiger partial charge in [-0.2, -0.15) is 13.2 Å². The molecule has 0 fully saturated rings. The number of amides is 1. The van der Waals surface area contributed by atoms with Crippen LogP contribution in [0.2, 0.25) is 0 Å². The highest BCUT2D eigenvalue weighted by atomic mass is 19.4. The Morgan fingerprint density at radius 3 is 2.55 bits per heavy atom. The van der Waals surface area contributed by atoms with Crippen LogP contribution >= 0.6 is 0 Å². The Hall–Kier alpha value is -1.72. The number of likely N-dealkylation sites (N-methyl/N-ethyl adjacent to an activating group) is 1. The van der Waals surface area contributed by atoms with Gasteiger partial charge in [-0.05, 0) is 24.1 Å². The van der Waals surface area contributed by atoms with E-state index in [0.717, 1.165) is 16.0 Å². The van der Waals surface area contributed by atoms with Gasteiger partial charge in [-0.3, -0.25) is 4.79 Å². The van der Waals surface area contributed by atoms with Crippen molar-refractivity contribution < 1.29 is 22.7 Å². The fraction of sp³-hybridized carbons (Fsp3) is 0.500. The monoisotopic (exact) mass is 289 g/mol. The molecule has 0 saturated carbocycles. The second-order valence-electron chi connectivity index (χ2n) is 4.66. The molecular weight excluding hydrogens is 271 g/mol. The Morgan fingerprint density at radius 2 is 2.00 bits per heavy atom. The first-order valence-electron chi connectivity index (χ1n) is 6.17. The summed E-state index contributed by atoms with van der Waals surface area (Å²) in [5, 5.41) is 0. The van der Waals surface area contributed by atoms with Crippen LogP contribution in [-0.4, -0.2) is 37.7 Å². The minimum Gasteiger partial charge on any atom is -0.496 e. The summed E-state index contributed by atoms with van der Waals surface area (Å²) in [4.78, 5) is 12.9. The third kappa shape index (κ3) is 5.11. The first-order chi connectivity index (χ1) is 9.23. The second kappa shape index (κ2) is 6.63. The fourth-order valence-electron chi connectivity index (χ4n) is 1.70. The minimum absolute atomic E-state index is 0.0605. The molecule has 1 amide bonds. The molecule has 0 unspecified atom stereocenters. The first-order valence-corrected chi connectivity index (χ1v) is 6.17. The molecule has 3 nitrogen and oxygen atoms in total. The van der Waals surface area contributed by atoms with E-state index in [9.17, 15) is 18.0 Å². The molecule has 0 radical (unpaired) electrons. The summed E-state index contributed by atoms with van der Waals surface area (Å²) in [7, 11) is 2.91. The molecule has 0 saturated heterocycles. The van der Waals surface area contributed by atoms with Gasteiger partial charge in [0.15, 0.2) is 0 Å². The molecule has 1 rings (SSSR count). The van der Waals surface area contributed by atoms with Gasteiger partial charge in [-0.1, -0.05) is 12.1 Å². The Kier molecular flexibility index (Phi) is 5.42. The van der Waals surface area contributed by atoms with Crippen molar-refractivity contribution in [2.24, 2.45) is 0 Å². The predicted octanol–water partition coefficient (Wildman–Crippen LogP) is 2.96. The van der Waals surface area contributed by atoms with Crippen molar-refractivity contribution >= 4 is 5.91 Å². The lowest BCUT2D eigenvalue weighted by Crippen LogP contribution is -2.31. The summed E-state index contributed by atoms with van der Waals surface area (Å²) in [6.45, 7) is 1.55. The molecule has 0 aliphatic carbocycles. The number of hydrogen-bond donors (Lipinski definition) is 0. The number of nitrogens with zero attached hydrogens (tertiary/aromatic N) is 1. The third-order valence-corrected chi connectivity index (χ3v) is 2.98. The van der Waals surface area contributed by atoms with E-state index in [4.69, 9.17) is 4.74 Å². The molecule has 1 aromatic rings. The molecule has 0 heterocycles. The maximum atomic E-state index is 12.1. The van der Waals surface area contributed by atoms with Gasteiger partial charge in [0.05, 0.1) is 20.0 Å². The SMILES string of the molecule is COc1cc(CC(=O)N(C)CCC(F)(F)F)ccc1C. The summed E-state index contributed by atoms with van der Waals surface area (Å²) < 4.78 is 41.4. The lowest BCUT2D eigenvalue weighted by atomic mass is 10.1. The molecule has 0 N–H and O–H groups in total. The number of aryl methyl sites for hydroxylation is 1. The van der Waals surface area contributed by atoms with Crippen LogP contribution in [0.3, 0.4) is 0 Å². The molecule has 1 aromatic carbocycles. The highest BCUT2D eigenvalue weighted by Gasteiger charge is 2.28. The van der Waals surface area contributed by atoms with Crippen LogP contribution in [0, 0.1) is 6.92 Å². The normalized spacial score (nSPS) is 11.3. The first kappa shape index (κ1) is 16.3. The van der Waals surface area contributed by atoms with Crippen LogP contribution in [0.1, 0.15) is 17.5 Å². The topological polar surface area (TPSA) is 29.5 Å². The van der Waals surface area contributed by atoms with Crippen LogP contribution < -0.4 is 4.74 Å². The van der Waals surface area contributed by atoms with Gasteiger partial charge in [0.1, 0.15) is 5.75 Å². The van der Waals surface area contributed by atoms with Crippen molar-refractivity contribution in [1.82, 2.24) is 4.90 Å². The van der Waals surface area contributed by atoms with E-state index in [1.807, 2.05) is 13.0 Å². The van der Waals surface area contributed by atoms with Crippen molar-refractivity contribution in [2.45, 2.75) is 25.9 Å². The zero-order chi connectivity index (χ0) is 15.3. The zero-order valence-electron chi connectivity index (χ0n) is 11.8. The van der Waals surface area contributed by atoms with Crippen LogP contribution in [0.25, 0.3) is 0 Å². The average molecular weight is 289 g/mol. The van der Waals surface area contributed by atoms with E-state index < -0.39 is 12.6 Å². The van der Waals surface area contributed by atoms with Crippen molar-refractivity contribution in [3.63, 3.8) is 0 Å². The predicted molar refractivity (Wildman–Crippen MR) is 69.7 cm³/mol. The van der Waals surface area contributed by atoms with E-state index in [1.165, 1.54) is 14.2 Å². The number of ether oxygens (including phenoxy) is 1. The Bertz CT molecular complexity index is 472. The van der Waals surface area contributed by atoms with E-state index in [2.05, 4.69) is 0 Å². The minimum atomic E-state index is -4.25. The van der Waals surface area contributed by atoms with Crippen LogP contribution in [0.15, 0.2) is 18.2 Å². The molecular formula is C14H18F3NO2. The highest BCUT2D eigenvalue weighted by molar-refractivity contribution is 5.78. The van der Waals surface area contributed by atoms with Crippen LogP contribution in [-0.2, 0) is 11.2 Å². The molecule has 0 aromatic heterocycles. The smallest absolute Gasteiger partial charge is 0.390 e. The molecule has 0 atom stereocenters. The van der Waals surface area contributed by atoms with Crippen molar-refractivity contribution in [3.8, 4) is 5.75 Å². The lowest BCUT2D eigenvalue weighted by molar-refractivity contribution is -0.143. The maximum Gasteiger partial charge on any atom is 0.390 e. The standard InChI is InChI=1S/C14H18F3NO2/c1-10-4-5-11(8-12(10)20-3)9-13(19)18(2)7-6-14(15,16)17/h4-5,8H,6-7,9H2,1-3H3. The second-order valence-corrected chi connectivity index (χ2v) is 4.66. The maximum absolute atomic E-state index is 12.1. The van der Waals surface area contributed by atoms with Gasteiger partial charge < -0.3 is 9.64 Å². The highest BCUT2D eigenvalue weighted by Crippen LogP contribution is 2.21. The van der Waals surface area contributed by atoms with Gasteiger partial charge in [0.25, 0.3) is 0 Å². The summed E-state index contributed by atoms with van der Waals surface area (Å²) >= 11 is 0. The van der Waals surface area contributed by atoms with Crippen molar-refractivity contribution in [3.05, 3.63) is 29.3 Å². The molecule has 0 bridgehead atoms. The summed E-state index contributed by atoms with van der Waals surface area (Å²) in [5.41, 5.74) is 1.66. The zero-order valence-corrected chi connectivity index (χ0v) is 11.8. The number of hydrogen-bond acceptors (Lipinski definition) is 2. The number of methoxy groups -OCH3 is 1. The molecule has 112 valence electrons. The average Bonchev–Trinajstić information content (AvgIpc) is 2.37. The summed E-state index contributed by atoms with van der Waals surface area (Å²) in [5.74, 6) is 0.313. The van der Waals surface area contributed by atoms with E-state index in [-0.39, 0.29) is 18.9 Å². The van der Waals surface area contributed by atoms with Crippen molar-refractivity contribution in [1.29, 1.82) is 0 Å². The molecule has 0 aliphatic rings.